The Kier molecular flexibility index (Phi) is 5.91. The number of carbonyl (C=O) groups excluding carboxylic acids is 1. The van der Waals surface area contributed by atoms with Crippen LogP contribution in [-0.4, -0.2) is 43.2 Å². The van der Waals surface area contributed by atoms with Crippen molar-refractivity contribution < 1.29 is 18.0 Å². The average molecular weight is 266 g/mol. The summed E-state index contributed by atoms with van der Waals surface area (Å²) in [6, 6.07) is 0. The maximum Gasteiger partial charge on any atom is 0.406 e. The number of nitrogens with zero attached hydrogens (tertiary/aromatic N) is 1. The third-order valence-electron chi connectivity index (χ3n) is 3.11. The second-order valence-electron chi connectivity index (χ2n) is 4.77. The van der Waals surface area contributed by atoms with Gasteiger partial charge in [-0.05, 0) is 25.8 Å². The van der Waals surface area contributed by atoms with E-state index in [-0.39, 0.29) is 18.4 Å². The van der Waals surface area contributed by atoms with Crippen molar-refractivity contribution in [3.8, 4) is 0 Å². The quantitative estimate of drug-likeness (QED) is 0.827. The van der Waals surface area contributed by atoms with Crippen LogP contribution < -0.4 is 5.32 Å². The molecule has 1 saturated heterocycles. The Labute approximate surface area is 106 Å². The van der Waals surface area contributed by atoms with E-state index in [1.807, 2.05) is 6.92 Å². The number of amides is 1. The van der Waals surface area contributed by atoms with Crippen LogP contribution in [0.15, 0.2) is 0 Å². The lowest BCUT2D eigenvalue weighted by Gasteiger charge is -2.30. The highest BCUT2D eigenvalue weighted by atomic mass is 19.4. The molecule has 1 aliphatic rings. The molecule has 0 aromatic carbocycles. The molecule has 1 heterocycles. The summed E-state index contributed by atoms with van der Waals surface area (Å²) in [5, 5.41) is 3.06. The fourth-order valence-electron chi connectivity index (χ4n) is 2.15. The Morgan fingerprint density at radius 2 is 2.17 bits per heavy atom. The van der Waals surface area contributed by atoms with Crippen molar-refractivity contribution >= 4 is 5.91 Å². The maximum absolute atomic E-state index is 12.5. The van der Waals surface area contributed by atoms with Crippen LogP contribution in [0, 0.1) is 5.92 Å². The summed E-state index contributed by atoms with van der Waals surface area (Å²) in [4.78, 5) is 13.0. The van der Waals surface area contributed by atoms with Crippen molar-refractivity contribution in [1.29, 1.82) is 0 Å². The normalized spacial score (nSPS) is 20.8. The van der Waals surface area contributed by atoms with Crippen molar-refractivity contribution in [3.05, 3.63) is 0 Å². The van der Waals surface area contributed by atoms with Crippen molar-refractivity contribution in [2.75, 3.05) is 26.2 Å². The molecule has 0 bridgehead atoms. The molecule has 0 aromatic heterocycles. The summed E-state index contributed by atoms with van der Waals surface area (Å²) in [6.45, 7) is 2.32. The van der Waals surface area contributed by atoms with Gasteiger partial charge in [0.05, 0.1) is 5.92 Å². The van der Waals surface area contributed by atoms with Crippen molar-refractivity contribution in [2.45, 2.75) is 38.8 Å². The van der Waals surface area contributed by atoms with Gasteiger partial charge < -0.3 is 10.2 Å². The van der Waals surface area contributed by atoms with Gasteiger partial charge in [0, 0.05) is 13.1 Å². The Bertz CT molecular complexity index is 263. The van der Waals surface area contributed by atoms with Crippen LogP contribution in [0.4, 0.5) is 13.2 Å². The van der Waals surface area contributed by atoms with Gasteiger partial charge >= 0.3 is 6.18 Å². The lowest BCUT2D eigenvalue weighted by molar-refractivity contribution is -0.164. The molecule has 0 radical (unpaired) electrons. The lowest BCUT2D eigenvalue weighted by Crippen LogP contribution is -2.46. The fourth-order valence-corrected chi connectivity index (χ4v) is 2.15. The first-order valence-corrected chi connectivity index (χ1v) is 6.50. The summed E-state index contributed by atoms with van der Waals surface area (Å²) in [5.74, 6) is -0.647. The number of alkyl halides is 3. The molecule has 1 atom stereocenters. The number of hydrogen-bond donors (Lipinski definition) is 1. The van der Waals surface area contributed by atoms with Crippen LogP contribution in [0.1, 0.15) is 32.6 Å². The van der Waals surface area contributed by atoms with E-state index in [1.165, 1.54) is 0 Å². The van der Waals surface area contributed by atoms with E-state index in [0.29, 0.717) is 19.4 Å². The Balaban J connectivity index is 2.59. The van der Waals surface area contributed by atoms with Gasteiger partial charge in [0.2, 0.25) is 5.91 Å². The number of rotatable bonds is 5. The van der Waals surface area contributed by atoms with Crippen molar-refractivity contribution in [3.63, 3.8) is 0 Å². The summed E-state index contributed by atoms with van der Waals surface area (Å²) >= 11 is 0. The van der Waals surface area contributed by atoms with Gasteiger partial charge in [-0.2, -0.15) is 13.2 Å². The topological polar surface area (TPSA) is 32.3 Å². The van der Waals surface area contributed by atoms with Crippen LogP contribution in [0.2, 0.25) is 0 Å². The summed E-state index contributed by atoms with van der Waals surface area (Å²) in [7, 11) is 0. The molecule has 3 nitrogen and oxygen atoms in total. The number of unbranched alkanes of at least 4 members (excludes halogenated alkanes) is 1. The molecule has 6 heteroatoms. The second-order valence-corrected chi connectivity index (χ2v) is 4.77. The second kappa shape index (κ2) is 6.97. The minimum Gasteiger partial charge on any atom is -0.333 e. The summed E-state index contributed by atoms with van der Waals surface area (Å²) < 4.78 is 37.4. The van der Waals surface area contributed by atoms with Gasteiger partial charge in [-0.3, -0.25) is 4.79 Å². The molecule has 1 N–H and O–H groups in total. The molecule has 1 amide bonds. The van der Waals surface area contributed by atoms with E-state index >= 15 is 0 Å². The molecule has 1 aliphatic heterocycles. The minimum atomic E-state index is -4.31. The molecule has 106 valence electrons. The molecule has 18 heavy (non-hydrogen) atoms. The first-order chi connectivity index (χ1) is 8.44. The highest BCUT2D eigenvalue weighted by molar-refractivity contribution is 5.79. The summed E-state index contributed by atoms with van der Waals surface area (Å²) in [5.41, 5.74) is 0. The number of piperidine rings is 1. The number of nitrogens with one attached hydrogen (secondary N) is 1. The first-order valence-electron chi connectivity index (χ1n) is 6.50. The SMILES string of the molecule is CCCCN(CC(F)(F)F)C(=O)C1CCCNC1. The molecule has 0 saturated carbocycles. The minimum absolute atomic E-state index is 0.200. The predicted octanol–water partition coefficient (Wildman–Crippen LogP) is 2.18. The van der Waals surface area contributed by atoms with Gasteiger partial charge in [-0.1, -0.05) is 13.3 Å². The zero-order valence-electron chi connectivity index (χ0n) is 10.7. The Morgan fingerprint density at radius 3 is 2.67 bits per heavy atom. The van der Waals surface area contributed by atoms with E-state index < -0.39 is 12.7 Å². The highest BCUT2D eigenvalue weighted by Gasteiger charge is 2.35. The van der Waals surface area contributed by atoms with E-state index in [0.717, 1.165) is 24.3 Å². The van der Waals surface area contributed by atoms with Gasteiger partial charge in [0.25, 0.3) is 0 Å². The number of halogens is 3. The van der Waals surface area contributed by atoms with Crippen molar-refractivity contribution in [2.24, 2.45) is 5.92 Å². The Morgan fingerprint density at radius 1 is 1.44 bits per heavy atom. The largest absolute Gasteiger partial charge is 0.406 e. The lowest BCUT2D eigenvalue weighted by atomic mass is 9.98. The van der Waals surface area contributed by atoms with Crippen molar-refractivity contribution in [1.82, 2.24) is 10.2 Å². The van der Waals surface area contributed by atoms with Crippen LogP contribution in [0.3, 0.4) is 0 Å². The maximum atomic E-state index is 12.5. The summed E-state index contributed by atoms with van der Waals surface area (Å²) in [6.07, 6.45) is -1.38. The first kappa shape index (κ1) is 15.3. The third-order valence-corrected chi connectivity index (χ3v) is 3.11. The van der Waals surface area contributed by atoms with E-state index in [9.17, 15) is 18.0 Å². The molecular formula is C12H21F3N2O. The highest BCUT2D eigenvalue weighted by Crippen LogP contribution is 2.20. The molecule has 1 rings (SSSR count). The van der Waals surface area contributed by atoms with Crippen LogP contribution in [0.5, 0.6) is 0 Å². The third kappa shape index (κ3) is 5.25. The van der Waals surface area contributed by atoms with E-state index in [4.69, 9.17) is 0 Å². The van der Waals surface area contributed by atoms with Crippen LogP contribution >= 0.6 is 0 Å². The Hall–Kier alpha value is -0.780. The molecule has 1 unspecified atom stereocenters. The molecule has 0 aromatic rings. The molecule has 0 aliphatic carbocycles. The smallest absolute Gasteiger partial charge is 0.333 e. The van der Waals surface area contributed by atoms with E-state index in [1.54, 1.807) is 0 Å². The van der Waals surface area contributed by atoms with Gasteiger partial charge in [-0.15, -0.1) is 0 Å². The zero-order chi connectivity index (χ0) is 13.6. The van der Waals surface area contributed by atoms with E-state index in [2.05, 4.69) is 5.32 Å². The zero-order valence-corrected chi connectivity index (χ0v) is 10.7. The van der Waals surface area contributed by atoms with Gasteiger partial charge in [-0.25, -0.2) is 0 Å². The number of hydrogen-bond acceptors (Lipinski definition) is 2. The van der Waals surface area contributed by atoms with Gasteiger partial charge in [0.15, 0.2) is 0 Å². The molecular weight excluding hydrogens is 245 g/mol. The number of carbonyl (C=O) groups is 1. The molecule has 1 fully saturated rings. The standard InChI is InChI=1S/C12H21F3N2O/c1-2-3-7-17(9-12(13,14)15)11(18)10-5-4-6-16-8-10/h10,16H,2-9H2,1H3. The predicted molar refractivity (Wildman–Crippen MR) is 63.1 cm³/mol. The van der Waals surface area contributed by atoms with Crippen LogP contribution in [0.25, 0.3) is 0 Å². The van der Waals surface area contributed by atoms with Crippen LogP contribution in [-0.2, 0) is 4.79 Å². The van der Waals surface area contributed by atoms with Gasteiger partial charge in [0.1, 0.15) is 6.54 Å². The monoisotopic (exact) mass is 266 g/mol. The molecule has 0 spiro atoms. The fraction of sp³-hybridized carbons (Fsp3) is 0.917. The average Bonchev–Trinajstić information content (AvgIpc) is 2.33.